The minimum atomic E-state index is 0.0191. The van der Waals surface area contributed by atoms with Gasteiger partial charge in [0, 0.05) is 5.41 Å². The van der Waals surface area contributed by atoms with Gasteiger partial charge in [-0.25, -0.2) is 0 Å². The molecular weight excluding hydrogens is 176 g/mol. The van der Waals surface area contributed by atoms with E-state index in [0.29, 0.717) is 11.5 Å². The van der Waals surface area contributed by atoms with E-state index in [9.17, 15) is 0 Å². The van der Waals surface area contributed by atoms with Gasteiger partial charge in [-0.3, -0.25) is 0 Å². The summed E-state index contributed by atoms with van der Waals surface area (Å²) < 4.78 is 11.3. The Hall–Kier alpha value is -0.0800. The molecule has 1 aliphatic carbocycles. The number of ether oxygens (including phenoxy) is 2. The normalized spacial score (nSPS) is 27.6. The van der Waals surface area contributed by atoms with Crippen molar-refractivity contribution >= 4 is 0 Å². The Labute approximate surface area is 87.0 Å². The van der Waals surface area contributed by atoms with Crippen LogP contribution in [0, 0.1) is 5.41 Å². The van der Waals surface area contributed by atoms with E-state index in [-0.39, 0.29) is 5.60 Å². The summed E-state index contributed by atoms with van der Waals surface area (Å²) in [5, 5.41) is 0. The molecule has 2 heteroatoms. The first-order chi connectivity index (χ1) is 6.49. The molecule has 1 saturated carbocycles. The van der Waals surface area contributed by atoms with E-state index in [1.165, 1.54) is 25.7 Å². The third-order valence-corrected chi connectivity index (χ3v) is 3.33. The van der Waals surface area contributed by atoms with Gasteiger partial charge in [0.1, 0.15) is 0 Å². The van der Waals surface area contributed by atoms with Crippen LogP contribution in [0.2, 0.25) is 0 Å². The standard InChI is InChI=1S/C12H22O2/c1-11(2,3)14-10-4-6-12(7-5-10)8-13-9-12/h10H,4-9H2,1-3H3. The van der Waals surface area contributed by atoms with Gasteiger partial charge < -0.3 is 9.47 Å². The molecule has 14 heavy (non-hydrogen) atoms. The van der Waals surface area contributed by atoms with Gasteiger partial charge in [0.2, 0.25) is 0 Å². The molecule has 2 rings (SSSR count). The summed E-state index contributed by atoms with van der Waals surface area (Å²) in [4.78, 5) is 0. The van der Waals surface area contributed by atoms with Crippen LogP contribution in [0.5, 0.6) is 0 Å². The van der Waals surface area contributed by atoms with Crippen molar-refractivity contribution in [3.05, 3.63) is 0 Å². The SMILES string of the molecule is CC(C)(C)OC1CCC2(CC1)COC2. The lowest BCUT2D eigenvalue weighted by Crippen LogP contribution is -2.47. The van der Waals surface area contributed by atoms with E-state index < -0.39 is 0 Å². The molecule has 1 heterocycles. The molecule has 0 amide bonds. The fraction of sp³-hybridized carbons (Fsp3) is 1.00. The number of rotatable bonds is 1. The van der Waals surface area contributed by atoms with Gasteiger partial charge in [-0.1, -0.05) is 0 Å². The molecule has 0 aromatic heterocycles. The summed E-state index contributed by atoms with van der Waals surface area (Å²) in [6, 6.07) is 0. The summed E-state index contributed by atoms with van der Waals surface area (Å²) in [6.45, 7) is 8.42. The zero-order valence-electron chi connectivity index (χ0n) is 9.64. The Morgan fingerprint density at radius 3 is 2.07 bits per heavy atom. The van der Waals surface area contributed by atoms with Crippen LogP contribution in [-0.2, 0) is 9.47 Å². The largest absolute Gasteiger partial charge is 0.380 e. The Morgan fingerprint density at radius 2 is 1.71 bits per heavy atom. The summed E-state index contributed by atoms with van der Waals surface area (Å²) in [5.74, 6) is 0. The molecule has 1 spiro atoms. The minimum absolute atomic E-state index is 0.0191. The van der Waals surface area contributed by atoms with Crippen LogP contribution in [-0.4, -0.2) is 24.9 Å². The fourth-order valence-electron chi connectivity index (χ4n) is 2.50. The van der Waals surface area contributed by atoms with Crippen LogP contribution in [0.1, 0.15) is 46.5 Å². The summed E-state index contributed by atoms with van der Waals surface area (Å²) in [7, 11) is 0. The number of hydrogen-bond donors (Lipinski definition) is 0. The average Bonchev–Trinajstić information content (AvgIpc) is 2.00. The van der Waals surface area contributed by atoms with Gasteiger partial charge in [0.25, 0.3) is 0 Å². The van der Waals surface area contributed by atoms with Gasteiger partial charge >= 0.3 is 0 Å². The second kappa shape index (κ2) is 3.49. The van der Waals surface area contributed by atoms with Gasteiger partial charge in [0.15, 0.2) is 0 Å². The Balaban J connectivity index is 1.78. The van der Waals surface area contributed by atoms with Gasteiger partial charge in [-0.2, -0.15) is 0 Å². The van der Waals surface area contributed by atoms with Crippen molar-refractivity contribution < 1.29 is 9.47 Å². The van der Waals surface area contributed by atoms with Gasteiger partial charge in [-0.05, 0) is 46.5 Å². The molecule has 0 N–H and O–H groups in total. The summed E-state index contributed by atoms with van der Waals surface area (Å²) in [5.41, 5.74) is 0.572. The maximum atomic E-state index is 6.00. The van der Waals surface area contributed by atoms with Crippen LogP contribution in [0.4, 0.5) is 0 Å². The first-order valence-electron chi connectivity index (χ1n) is 5.75. The first kappa shape index (κ1) is 10.4. The molecular formula is C12H22O2. The maximum Gasteiger partial charge on any atom is 0.0602 e. The minimum Gasteiger partial charge on any atom is -0.380 e. The van der Waals surface area contributed by atoms with Crippen molar-refractivity contribution in [1.29, 1.82) is 0 Å². The quantitative estimate of drug-likeness (QED) is 0.645. The molecule has 0 bridgehead atoms. The van der Waals surface area contributed by atoms with E-state index >= 15 is 0 Å². The molecule has 1 aliphatic heterocycles. The third kappa shape index (κ3) is 2.29. The van der Waals surface area contributed by atoms with E-state index in [2.05, 4.69) is 20.8 Å². The third-order valence-electron chi connectivity index (χ3n) is 3.33. The van der Waals surface area contributed by atoms with Gasteiger partial charge in [-0.15, -0.1) is 0 Å². The van der Waals surface area contributed by atoms with Crippen molar-refractivity contribution in [3.8, 4) is 0 Å². The molecule has 2 nitrogen and oxygen atoms in total. The highest BCUT2D eigenvalue weighted by atomic mass is 16.5. The monoisotopic (exact) mass is 198 g/mol. The van der Waals surface area contributed by atoms with Crippen LogP contribution < -0.4 is 0 Å². The van der Waals surface area contributed by atoms with Gasteiger partial charge in [0.05, 0.1) is 24.9 Å². The van der Waals surface area contributed by atoms with Crippen LogP contribution >= 0.6 is 0 Å². The Bertz CT molecular complexity index is 191. The zero-order chi connectivity index (χ0) is 10.2. The highest BCUT2D eigenvalue weighted by Gasteiger charge is 2.42. The lowest BCUT2D eigenvalue weighted by molar-refractivity contribution is -0.160. The average molecular weight is 198 g/mol. The van der Waals surface area contributed by atoms with Crippen molar-refractivity contribution in [3.63, 3.8) is 0 Å². The molecule has 0 aromatic carbocycles. The second-order valence-electron chi connectivity index (χ2n) is 5.92. The molecule has 0 radical (unpaired) electrons. The highest BCUT2D eigenvalue weighted by molar-refractivity contribution is 4.91. The molecule has 2 fully saturated rings. The molecule has 0 aromatic rings. The smallest absolute Gasteiger partial charge is 0.0602 e. The van der Waals surface area contributed by atoms with Crippen molar-refractivity contribution in [2.45, 2.75) is 58.2 Å². The maximum absolute atomic E-state index is 6.00. The first-order valence-corrected chi connectivity index (χ1v) is 5.75. The number of hydrogen-bond acceptors (Lipinski definition) is 2. The second-order valence-corrected chi connectivity index (χ2v) is 5.92. The zero-order valence-corrected chi connectivity index (χ0v) is 9.64. The highest BCUT2D eigenvalue weighted by Crippen LogP contribution is 2.43. The molecule has 82 valence electrons. The molecule has 2 aliphatic rings. The predicted molar refractivity (Wildman–Crippen MR) is 56.3 cm³/mol. The molecule has 0 unspecified atom stereocenters. The Morgan fingerprint density at radius 1 is 1.14 bits per heavy atom. The van der Waals surface area contributed by atoms with E-state index in [0.717, 1.165) is 13.2 Å². The fourth-order valence-corrected chi connectivity index (χ4v) is 2.50. The lowest BCUT2D eigenvalue weighted by atomic mass is 9.72. The van der Waals surface area contributed by atoms with Crippen LogP contribution in [0.15, 0.2) is 0 Å². The Kier molecular flexibility index (Phi) is 2.61. The predicted octanol–water partition coefficient (Wildman–Crippen LogP) is 2.76. The van der Waals surface area contributed by atoms with E-state index in [4.69, 9.17) is 9.47 Å². The molecule has 0 atom stereocenters. The lowest BCUT2D eigenvalue weighted by Gasteiger charge is -2.47. The van der Waals surface area contributed by atoms with Crippen LogP contribution in [0.3, 0.4) is 0 Å². The summed E-state index contributed by atoms with van der Waals surface area (Å²) >= 11 is 0. The van der Waals surface area contributed by atoms with Crippen molar-refractivity contribution in [2.24, 2.45) is 5.41 Å². The van der Waals surface area contributed by atoms with Crippen molar-refractivity contribution in [2.75, 3.05) is 13.2 Å². The van der Waals surface area contributed by atoms with E-state index in [1.807, 2.05) is 0 Å². The topological polar surface area (TPSA) is 18.5 Å². The van der Waals surface area contributed by atoms with Crippen molar-refractivity contribution in [1.82, 2.24) is 0 Å². The van der Waals surface area contributed by atoms with E-state index in [1.54, 1.807) is 0 Å². The molecule has 1 saturated heterocycles. The van der Waals surface area contributed by atoms with Crippen LogP contribution in [0.25, 0.3) is 0 Å². The summed E-state index contributed by atoms with van der Waals surface area (Å²) in [6.07, 6.45) is 5.53.